The summed E-state index contributed by atoms with van der Waals surface area (Å²) in [7, 11) is 0. The van der Waals surface area contributed by atoms with Crippen LogP contribution in [0, 0.1) is 3.57 Å². The van der Waals surface area contributed by atoms with E-state index >= 15 is 0 Å². The van der Waals surface area contributed by atoms with Crippen LogP contribution in [0.1, 0.15) is 15.9 Å². The smallest absolute Gasteiger partial charge is 0.189 e. The molecule has 0 saturated heterocycles. The lowest BCUT2D eigenvalue weighted by molar-refractivity contribution is 0.104. The molecule has 2 aromatic rings. The lowest BCUT2D eigenvalue weighted by Gasteiger charge is -2.02. The van der Waals surface area contributed by atoms with Crippen LogP contribution in [-0.4, -0.2) is 10.9 Å². The number of carbonyl (C=O) groups excluding carboxylic acids is 1. The average Bonchev–Trinajstić information content (AvgIpc) is 2.39. The van der Waals surface area contributed by atoms with Crippen molar-refractivity contribution in [2.75, 3.05) is 0 Å². The molecular formula is C15H10BrIO2. The summed E-state index contributed by atoms with van der Waals surface area (Å²) in [6.07, 6.45) is 3.21. The highest BCUT2D eigenvalue weighted by atomic mass is 127. The molecule has 0 aromatic heterocycles. The lowest BCUT2D eigenvalue weighted by Crippen LogP contribution is -1.95. The van der Waals surface area contributed by atoms with E-state index in [1.54, 1.807) is 24.3 Å². The van der Waals surface area contributed by atoms with E-state index < -0.39 is 0 Å². The second-order valence-electron chi connectivity index (χ2n) is 3.89. The van der Waals surface area contributed by atoms with E-state index in [4.69, 9.17) is 0 Å². The van der Waals surface area contributed by atoms with E-state index in [1.165, 1.54) is 6.08 Å². The second kappa shape index (κ2) is 6.34. The number of ketones is 1. The number of benzene rings is 2. The monoisotopic (exact) mass is 428 g/mol. The van der Waals surface area contributed by atoms with Crippen LogP contribution in [0.15, 0.2) is 53.0 Å². The summed E-state index contributed by atoms with van der Waals surface area (Å²) in [4.78, 5) is 12.0. The van der Waals surface area contributed by atoms with Gasteiger partial charge in [-0.05, 0) is 74.4 Å². The summed E-state index contributed by atoms with van der Waals surface area (Å²) >= 11 is 5.41. The van der Waals surface area contributed by atoms with Gasteiger partial charge in [-0.1, -0.05) is 24.3 Å². The molecule has 0 bridgehead atoms. The van der Waals surface area contributed by atoms with Crippen LogP contribution in [0.2, 0.25) is 0 Å². The van der Waals surface area contributed by atoms with E-state index in [0.29, 0.717) is 4.47 Å². The Morgan fingerprint density at radius 1 is 1.21 bits per heavy atom. The number of phenols is 1. The third kappa shape index (κ3) is 3.67. The van der Waals surface area contributed by atoms with Crippen LogP contribution in [0.4, 0.5) is 0 Å². The van der Waals surface area contributed by atoms with Crippen LogP contribution >= 0.6 is 38.5 Å². The summed E-state index contributed by atoms with van der Waals surface area (Å²) in [5.74, 6) is -0.252. The van der Waals surface area contributed by atoms with Crippen LogP contribution in [0.25, 0.3) is 6.08 Å². The number of halogens is 2. The first kappa shape index (κ1) is 14.3. The van der Waals surface area contributed by atoms with Crippen molar-refractivity contribution in [2.45, 2.75) is 0 Å². The van der Waals surface area contributed by atoms with Crippen LogP contribution in [0.5, 0.6) is 5.75 Å². The van der Waals surface area contributed by atoms with Gasteiger partial charge in [0.2, 0.25) is 0 Å². The van der Waals surface area contributed by atoms with Gasteiger partial charge in [0, 0.05) is 3.57 Å². The van der Waals surface area contributed by atoms with Gasteiger partial charge < -0.3 is 5.11 Å². The molecule has 96 valence electrons. The largest absolute Gasteiger partial charge is 0.506 e. The van der Waals surface area contributed by atoms with E-state index in [-0.39, 0.29) is 17.1 Å². The predicted molar refractivity (Wildman–Crippen MR) is 88.3 cm³/mol. The molecule has 0 aliphatic carbocycles. The topological polar surface area (TPSA) is 37.3 Å². The maximum absolute atomic E-state index is 12.0. The third-order valence-electron chi connectivity index (χ3n) is 2.53. The minimum Gasteiger partial charge on any atom is -0.506 e. The van der Waals surface area contributed by atoms with E-state index in [2.05, 4.69) is 38.5 Å². The molecule has 2 nitrogen and oxygen atoms in total. The number of carbonyl (C=O) groups is 1. The quantitative estimate of drug-likeness (QED) is 0.438. The molecule has 19 heavy (non-hydrogen) atoms. The van der Waals surface area contributed by atoms with Crippen LogP contribution in [0.3, 0.4) is 0 Å². The Bertz CT molecular complexity index is 650. The van der Waals surface area contributed by atoms with Gasteiger partial charge in [-0.2, -0.15) is 0 Å². The van der Waals surface area contributed by atoms with Crippen LogP contribution in [-0.2, 0) is 0 Å². The Morgan fingerprint density at radius 3 is 2.68 bits per heavy atom. The molecule has 0 unspecified atom stereocenters. The molecule has 0 aliphatic heterocycles. The van der Waals surface area contributed by atoms with Crippen molar-refractivity contribution in [3.05, 3.63) is 67.7 Å². The number of para-hydroxylation sites is 1. The predicted octanol–water partition coefficient (Wildman–Crippen LogP) is 4.66. The van der Waals surface area contributed by atoms with Crippen molar-refractivity contribution in [2.24, 2.45) is 0 Å². The molecule has 2 rings (SSSR count). The molecular weight excluding hydrogens is 419 g/mol. The fourth-order valence-corrected chi connectivity index (χ4v) is 2.52. The SMILES string of the molecule is O=C(/C=C/c1cccc(I)c1)c1cccc(Br)c1O. The Hall–Kier alpha value is -1.14. The molecule has 4 heteroatoms. The van der Waals surface area contributed by atoms with Gasteiger partial charge in [0.1, 0.15) is 5.75 Å². The lowest BCUT2D eigenvalue weighted by atomic mass is 10.1. The van der Waals surface area contributed by atoms with Gasteiger partial charge in [-0.25, -0.2) is 0 Å². The summed E-state index contributed by atoms with van der Waals surface area (Å²) in [6.45, 7) is 0. The van der Waals surface area contributed by atoms with Crippen LogP contribution < -0.4 is 0 Å². The second-order valence-corrected chi connectivity index (χ2v) is 5.99. The molecule has 0 heterocycles. The normalized spacial score (nSPS) is 10.8. The van der Waals surface area contributed by atoms with Crippen molar-refractivity contribution in [3.63, 3.8) is 0 Å². The highest BCUT2D eigenvalue weighted by Gasteiger charge is 2.10. The fourth-order valence-electron chi connectivity index (χ4n) is 1.59. The molecule has 0 saturated carbocycles. The van der Waals surface area contributed by atoms with Gasteiger partial charge in [0.15, 0.2) is 5.78 Å². The number of aromatic hydroxyl groups is 1. The number of rotatable bonds is 3. The number of hydrogen-bond donors (Lipinski definition) is 1. The molecule has 0 atom stereocenters. The van der Waals surface area contributed by atoms with Gasteiger partial charge in [0.25, 0.3) is 0 Å². The van der Waals surface area contributed by atoms with Crippen molar-refractivity contribution >= 4 is 50.4 Å². The van der Waals surface area contributed by atoms with Crippen molar-refractivity contribution in [1.29, 1.82) is 0 Å². The maximum Gasteiger partial charge on any atom is 0.189 e. The Balaban J connectivity index is 2.24. The number of allylic oxidation sites excluding steroid dienone is 1. The zero-order chi connectivity index (χ0) is 13.8. The average molecular weight is 429 g/mol. The summed E-state index contributed by atoms with van der Waals surface area (Å²) in [5, 5.41) is 9.81. The first-order chi connectivity index (χ1) is 9.08. The molecule has 0 aliphatic rings. The first-order valence-electron chi connectivity index (χ1n) is 5.53. The Morgan fingerprint density at radius 2 is 1.95 bits per heavy atom. The highest BCUT2D eigenvalue weighted by Crippen LogP contribution is 2.28. The van der Waals surface area contributed by atoms with Gasteiger partial charge >= 0.3 is 0 Å². The summed E-state index contributed by atoms with van der Waals surface area (Å²) in [6, 6.07) is 12.8. The van der Waals surface area contributed by atoms with E-state index in [1.807, 2.05) is 24.3 Å². The van der Waals surface area contributed by atoms with Gasteiger partial charge in [0.05, 0.1) is 10.0 Å². The molecule has 0 spiro atoms. The minimum absolute atomic E-state index is 0.0280. The zero-order valence-corrected chi connectivity index (χ0v) is 13.6. The van der Waals surface area contributed by atoms with Crippen molar-refractivity contribution in [1.82, 2.24) is 0 Å². The fraction of sp³-hybridized carbons (Fsp3) is 0. The standard InChI is InChI=1S/C15H10BrIO2/c16-13-6-2-5-12(15(13)19)14(18)8-7-10-3-1-4-11(17)9-10/h1-9,19H/b8-7+. The summed E-state index contributed by atoms with van der Waals surface area (Å²) < 4.78 is 1.62. The van der Waals surface area contributed by atoms with Gasteiger partial charge in [-0.3, -0.25) is 4.79 Å². The minimum atomic E-state index is -0.224. The zero-order valence-electron chi connectivity index (χ0n) is 9.81. The van der Waals surface area contributed by atoms with E-state index in [0.717, 1.165) is 9.13 Å². The Labute approximate surface area is 133 Å². The molecule has 1 N–H and O–H groups in total. The van der Waals surface area contributed by atoms with Crippen molar-refractivity contribution in [3.8, 4) is 5.75 Å². The highest BCUT2D eigenvalue weighted by molar-refractivity contribution is 14.1. The molecule has 0 amide bonds. The van der Waals surface area contributed by atoms with E-state index in [9.17, 15) is 9.90 Å². The molecule has 0 radical (unpaired) electrons. The van der Waals surface area contributed by atoms with Gasteiger partial charge in [-0.15, -0.1) is 0 Å². The maximum atomic E-state index is 12.0. The number of hydrogen-bond acceptors (Lipinski definition) is 2. The summed E-state index contributed by atoms with van der Waals surface area (Å²) in [5.41, 5.74) is 1.24. The van der Waals surface area contributed by atoms with Crippen molar-refractivity contribution < 1.29 is 9.90 Å². The molecule has 0 fully saturated rings. The molecule has 2 aromatic carbocycles. The third-order valence-corrected chi connectivity index (χ3v) is 3.84. The Kier molecular flexibility index (Phi) is 4.76. The first-order valence-corrected chi connectivity index (χ1v) is 7.40. The number of phenolic OH excluding ortho intramolecular Hbond substituents is 1.